The summed E-state index contributed by atoms with van der Waals surface area (Å²) < 4.78 is 0. The van der Waals surface area contributed by atoms with E-state index in [0.717, 1.165) is 24.6 Å². The Balaban J connectivity index is 2.12. The van der Waals surface area contributed by atoms with Gasteiger partial charge >= 0.3 is 0 Å². The molecule has 17 heavy (non-hydrogen) atoms. The summed E-state index contributed by atoms with van der Waals surface area (Å²) in [5, 5.41) is 0. The van der Waals surface area contributed by atoms with Gasteiger partial charge < -0.3 is 15.5 Å². The van der Waals surface area contributed by atoms with Crippen molar-refractivity contribution in [3.8, 4) is 0 Å². The number of nitrogens with two attached hydrogens (primary N) is 1. The Morgan fingerprint density at radius 1 is 1.35 bits per heavy atom. The van der Waals surface area contributed by atoms with Crippen molar-refractivity contribution in [3.05, 3.63) is 11.8 Å². The predicted molar refractivity (Wildman–Crippen MR) is 70.2 cm³/mol. The third-order valence-electron chi connectivity index (χ3n) is 3.26. The van der Waals surface area contributed by atoms with E-state index in [1.54, 1.807) is 0 Å². The highest BCUT2D eigenvalue weighted by Gasteiger charge is 2.29. The zero-order valence-corrected chi connectivity index (χ0v) is 11.0. The number of nitrogen functional groups attached to an aromatic ring is 1. The van der Waals surface area contributed by atoms with Gasteiger partial charge in [0.1, 0.15) is 5.82 Å². The van der Waals surface area contributed by atoms with Crippen LogP contribution in [0.3, 0.4) is 0 Å². The van der Waals surface area contributed by atoms with Crippen LogP contribution in [0.25, 0.3) is 0 Å². The Bertz CT molecular complexity index is 396. The van der Waals surface area contributed by atoms with Gasteiger partial charge in [0.2, 0.25) is 5.95 Å². The van der Waals surface area contributed by atoms with Crippen molar-refractivity contribution in [2.75, 3.05) is 37.8 Å². The van der Waals surface area contributed by atoms with Gasteiger partial charge in [-0.15, -0.1) is 0 Å². The van der Waals surface area contributed by atoms with Gasteiger partial charge in [0.25, 0.3) is 0 Å². The van der Waals surface area contributed by atoms with Crippen LogP contribution in [-0.2, 0) is 0 Å². The van der Waals surface area contributed by atoms with Crippen molar-refractivity contribution >= 4 is 11.8 Å². The molecule has 0 atom stereocenters. The molecular formula is C12H21N5. The van der Waals surface area contributed by atoms with E-state index in [1.165, 1.54) is 0 Å². The Kier molecular flexibility index (Phi) is 3.19. The second kappa shape index (κ2) is 4.49. The Morgan fingerprint density at radius 3 is 2.53 bits per heavy atom. The molecule has 0 unspecified atom stereocenters. The van der Waals surface area contributed by atoms with Gasteiger partial charge in [0, 0.05) is 25.2 Å². The first-order valence-corrected chi connectivity index (χ1v) is 6.03. The van der Waals surface area contributed by atoms with Crippen molar-refractivity contribution in [1.29, 1.82) is 0 Å². The number of aromatic nitrogens is 2. The van der Waals surface area contributed by atoms with Gasteiger partial charge in [0.05, 0.1) is 5.69 Å². The molecule has 2 rings (SSSR count). The molecule has 1 aliphatic rings. The van der Waals surface area contributed by atoms with E-state index in [-0.39, 0.29) is 0 Å². The number of hydrogen-bond donors (Lipinski definition) is 1. The highest BCUT2D eigenvalue weighted by Crippen LogP contribution is 2.24. The van der Waals surface area contributed by atoms with E-state index in [2.05, 4.69) is 47.7 Å². The normalized spacial score (nSPS) is 16.7. The largest absolute Gasteiger partial charge is 0.368 e. The molecule has 1 aromatic rings. The Labute approximate surface area is 103 Å². The molecule has 2 heterocycles. The lowest BCUT2D eigenvalue weighted by Crippen LogP contribution is -2.57. The minimum absolute atomic E-state index is 0.375. The molecule has 1 saturated heterocycles. The van der Waals surface area contributed by atoms with Gasteiger partial charge in [0.15, 0.2) is 0 Å². The molecule has 5 heteroatoms. The summed E-state index contributed by atoms with van der Waals surface area (Å²) in [4.78, 5) is 13.0. The van der Waals surface area contributed by atoms with E-state index >= 15 is 0 Å². The zero-order valence-electron chi connectivity index (χ0n) is 11.0. The van der Waals surface area contributed by atoms with Gasteiger partial charge in [-0.25, -0.2) is 4.98 Å². The predicted octanol–water partition coefficient (Wildman–Crippen LogP) is 0.932. The summed E-state index contributed by atoms with van der Waals surface area (Å²) in [6.07, 6.45) is 0. The van der Waals surface area contributed by atoms with Crippen molar-refractivity contribution in [3.63, 3.8) is 0 Å². The Hall–Kier alpha value is -1.36. The lowest BCUT2D eigenvalue weighted by molar-refractivity contribution is 0.246. The number of hydrogen-bond acceptors (Lipinski definition) is 5. The Morgan fingerprint density at radius 2 is 2.00 bits per heavy atom. The van der Waals surface area contributed by atoms with Crippen LogP contribution in [0.4, 0.5) is 11.8 Å². The molecule has 94 valence electrons. The van der Waals surface area contributed by atoms with Gasteiger partial charge in [-0.2, -0.15) is 4.98 Å². The second-order valence-electron chi connectivity index (χ2n) is 5.19. The lowest BCUT2D eigenvalue weighted by Gasteiger charge is -2.43. The molecule has 0 amide bonds. The van der Waals surface area contributed by atoms with Crippen LogP contribution in [0.15, 0.2) is 6.07 Å². The van der Waals surface area contributed by atoms with E-state index in [0.29, 0.717) is 17.9 Å². The maximum atomic E-state index is 5.75. The molecule has 0 radical (unpaired) electrons. The minimum atomic E-state index is 0.375. The standard InChI is InChI=1S/C12H21N5/c1-8(2)10-5-11(15-12(13)14-10)17-6-9(7-17)16(3)4/h5,8-9H,6-7H2,1-4H3,(H2,13,14,15). The smallest absolute Gasteiger partial charge is 0.222 e. The number of rotatable bonds is 3. The number of anilines is 2. The lowest BCUT2D eigenvalue weighted by atomic mass is 10.1. The molecule has 0 spiro atoms. The summed E-state index contributed by atoms with van der Waals surface area (Å²) in [7, 11) is 4.21. The van der Waals surface area contributed by atoms with Gasteiger partial charge in [-0.05, 0) is 20.0 Å². The third kappa shape index (κ3) is 2.49. The van der Waals surface area contributed by atoms with Crippen LogP contribution in [0.5, 0.6) is 0 Å². The van der Waals surface area contributed by atoms with Crippen molar-refractivity contribution in [1.82, 2.24) is 14.9 Å². The summed E-state index contributed by atoms with van der Waals surface area (Å²) in [5.74, 6) is 1.71. The van der Waals surface area contributed by atoms with Crippen LogP contribution in [0, 0.1) is 0 Å². The van der Waals surface area contributed by atoms with Gasteiger partial charge in [-0.1, -0.05) is 13.8 Å². The highest BCUT2D eigenvalue weighted by atomic mass is 15.3. The van der Waals surface area contributed by atoms with Gasteiger partial charge in [-0.3, -0.25) is 0 Å². The van der Waals surface area contributed by atoms with Crippen molar-refractivity contribution in [2.45, 2.75) is 25.8 Å². The van der Waals surface area contributed by atoms with Crippen LogP contribution in [-0.4, -0.2) is 48.1 Å². The highest BCUT2D eigenvalue weighted by molar-refractivity contribution is 5.47. The van der Waals surface area contributed by atoms with Crippen molar-refractivity contribution in [2.24, 2.45) is 0 Å². The van der Waals surface area contributed by atoms with Crippen LogP contribution < -0.4 is 10.6 Å². The molecule has 0 saturated carbocycles. The maximum absolute atomic E-state index is 5.75. The van der Waals surface area contributed by atoms with Crippen molar-refractivity contribution < 1.29 is 0 Å². The molecule has 2 N–H and O–H groups in total. The summed E-state index contributed by atoms with van der Waals surface area (Å²) >= 11 is 0. The fourth-order valence-electron chi connectivity index (χ4n) is 1.90. The first kappa shape index (κ1) is 12.1. The molecule has 1 fully saturated rings. The van der Waals surface area contributed by atoms with Crippen LogP contribution in [0.2, 0.25) is 0 Å². The molecule has 5 nitrogen and oxygen atoms in total. The monoisotopic (exact) mass is 235 g/mol. The van der Waals surface area contributed by atoms with E-state index < -0.39 is 0 Å². The number of nitrogens with zero attached hydrogens (tertiary/aromatic N) is 4. The molecule has 0 aromatic carbocycles. The SMILES string of the molecule is CC(C)c1cc(N2CC(N(C)C)C2)nc(N)n1. The average Bonchev–Trinajstić information content (AvgIpc) is 2.13. The average molecular weight is 235 g/mol. The molecule has 1 aliphatic heterocycles. The maximum Gasteiger partial charge on any atom is 0.222 e. The third-order valence-corrected chi connectivity index (χ3v) is 3.26. The second-order valence-corrected chi connectivity index (χ2v) is 5.19. The van der Waals surface area contributed by atoms with E-state index in [9.17, 15) is 0 Å². The van der Waals surface area contributed by atoms with E-state index in [1.807, 2.05) is 6.07 Å². The summed E-state index contributed by atoms with van der Waals surface area (Å²) in [6, 6.07) is 2.67. The first-order valence-electron chi connectivity index (χ1n) is 6.03. The molecular weight excluding hydrogens is 214 g/mol. The zero-order chi connectivity index (χ0) is 12.6. The summed E-state index contributed by atoms with van der Waals surface area (Å²) in [5.41, 5.74) is 6.76. The topological polar surface area (TPSA) is 58.3 Å². The fourth-order valence-corrected chi connectivity index (χ4v) is 1.90. The van der Waals surface area contributed by atoms with E-state index in [4.69, 9.17) is 5.73 Å². The quantitative estimate of drug-likeness (QED) is 0.844. The van der Waals surface area contributed by atoms with Crippen LogP contribution >= 0.6 is 0 Å². The first-order chi connectivity index (χ1) is 7.97. The molecule has 1 aromatic heterocycles. The van der Waals surface area contributed by atoms with Crippen LogP contribution in [0.1, 0.15) is 25.5 Å². The molecule has 0 aliphatic carbocycles. The fraction of sp³-hybridized carbons (Fsp3) is 0.667. The summed E-state index contributed by atoms with van der Waals surface area (Å²) in [6.45, 7) is 6.26. The minimum Gasteiger partial charge on any atom is -0.368 e. The number of likely N-dealkylation sites (N-methyl/N-ethyl adjacent to an activating group) is 1. The molecule has 0 bridgehead atoms.